The Kier molecular flexibility index (Phi) is 9.00. The van der Waals surface area contributed by atoms with Gasteiger partial charge in [-0.05, 0) is 27.7 Å². The predicted octanol–water partition coefficient (Wildman–Crippen LogP) is 2.17. The Bertz CT molecular complexity index is 445. The van der Waals surface area contributed by atoms with Gasteiger partial charge < -0.3 is 18.9 Å². The van der Waals surface area contributed by atoms with Crippen molar-refractivity contribution in [2.24, 2.45) is 0 Å². The van der Waals surface area contributed by atoms with Gasteiger partial charge in [0, 0.05) is 44.7 Å². The largest absolute Gasteiger partial charge is 0.464 e. The fourth-order valence-electron chi connectivity index (χ4n) is 3.85. The average molecular weight is 373 g/mol. The minimum Gasteiger partial charge on any atom is -0.464 e. The van der Waals surface area contributed by atoms with Gasteiger partial charge in [0.05, 0.1) is 26.1 Å². The van der Waals surface area contributed by atoms with Crippen molar-refractivity contribution in [3.05, 3.63) is 0 Å². The number of rotatable bonds is 10. The molecule has 0 aliphatic carbocycles. The third-order valence-electron chi connectivity index (χ3n) is 4.81. The zero-order chi connectivity index (χ0) is 19.8. The molecule has 0 N–H and O–H groups in total. The van der Waals surface area contributed by atoms with Crippen molar-refractivity contribution in [1.29, 1.82) is 0 Å². The number of ether oxygens (including phenoxy) is 4. The molecule has 0 radical (unpaired) electrons. The lowest BCUT2D eigenvalue weighted by molar-refractivity contribution is -0.163. The van der Waals surface area contributed by atoms with E-state index in [9.17, 15) is 9.59 Å². The van der Waals surface area contributed by atoms with Crippen LogP contribution in [0.5, 0.6) is 0 Å². The Morgan fingerprint density at radius 3 is 1.88 bits per heavy atom. The minimum atomic E-state index is -0.246. The van der Waals surface area contributed by atoms with Crippen LogP contribution in [-0.4, -0.2) is 74.6 Å². The van der Waals surface area contributed by atoms with Gasteiger partial charge in [-0.2, -0.15) is 0 Å². The number of likely N-dealkylation sites (tertiary alicyclic amines) is 1. The van der Waals surface area contributed by atoms with Crippen molar-refractivity contribution < 1.29 is 28.5 Å². The lowest BCUT2D eigenvalue weighted by Crippen LogP contribution is -2.63. The van der Waals surface area contributed by atoms with Crippen molar-refractivity contribution in [2.45, 2.75) is 70.6 Å². The lowest BCUT2D eigenvalue weighted by atomic mass is 9.78. The topological polar surface area (TPSA) is 74.3 Å². The molecule has 1 fully saturated rings. The van der Waals surface area contributed by atoms with Crippen molar-refractivity contribution in [3.63, 3.8) is 0 Å². The Morgan fingerprint density at radius 2 is 1.38 bits per heavy atom. The van der Waals surface area contributed by atoms with Gasteiger partial charge in [-0.1, -0.05) is 0 Å². The molecule has 26 heavy (non-hydrogen) atoms. The van der Waals surface area contributed by atoms with E-state index in [2.05, 4.69) is 32.6 Å². The molecule has 0 aromatic rings. The summed E-state index contributed by atoms with van der Waals surface area (Å²) in [5, 5.41) is 0. The molecule has 0 aromatic carbocycles. The first-order valence-electron chi connectivity index (χ1n) is 9.23. The molecule has 1 heterocycles. The third kappa shape index (κ3) is 7.21. The van der Waals surface area contributed by atoms with E-state index in [4.69, 9.17) is 18.9 Å². The van der Waals surface area contributed by atoms with E-state index in [1.807, 2.05) is 0 Å². The van der Waals surface area contributed by atoms with Gasteiger partial charge >= 0.3 is 11.9 Å². The fraction of sp³-hybridized carbons (Fsp3) is 0.895. The molecule has 0 aromatic heterocycles. The quantitative estimate of drug-likeness (QED) is 0.543. The van der Waals surface area contributed by atoms with Crippen LogP contribution in [0.15, 0.2) is 0 Å². The molecule has 1 rings (SSSR count). The first kappa shape index (κ1) is 22.9. The number of hydrogen-bond acceptors (Lipinski definition) is 7. The van der Waals surface area contributed by atoms with E-state index in [-0.39, 0.29) is 42.0 Å². The summed E-state index contributed by atoms with van der Waals surface area (Å²) >= 11 is 0. The van der Waals surface area contributed by atoms with Gasteiger partial charge in [-0.15, -0.1) is 0 Å². The standard InChI is InChI=1S/C19H35NO6/c1-18(2)13-15(26-17(22)8-11-24-6)14-19(3,4)20(18)9-12-25-16(21)7-10-23-5/h15H,7-14H2,1-6H3. The summed E-state index contributed by atoms with van der Waals surface area (Å²) in [6, 6.07) is 0. The summed E-state index contributed by atoms with van der Waals surface area (Å²) in [6.45, 7) is 10.3. The van der Waals surface area contributed by atoms with Crippen LogP contribution in [0.3, 0.4) is 0 Å². The zero-order valence-corrected chi connectivity index (χ0v) is 17.1. The minimum absolute atomic E-state index is 0.121. The van der Waals surface area contributed by atoms with Crippen molar-refractivity contribution >= 4 is 11.9 Å². The number of carbonyl (C=O) groups is 2. The van der Waals surface area contributed by atoms with Gasteiger partial charge in [-0.25, -0.2) is 0 Å². The molecule has 152 valence electrons. The van der Waals surface area contributed by atoms with E-state index < -0.39 is 0 Å². The molecule has 0 bridgehead atoms. The van der Waals surface area contributed by atoms with E-state index in [0.29, 0.717) is 26.4 Å². The highest BCUT2D eigenvalue weighted by Crippen LogP contribution is 2.39. The molecule has 7 nitrogen and oxygen atoms in total. The van der Waals surface area contributed by atoms with E-state index in [1.165, 1.54) is 0 Å². The molecular formula is C19H35NO6. The molecule has 1 aliphatic rings. The number of esters is 2. The fourth-order valence-corrected chi connectivity index (χ4v) is 3.85. The lowest BCUT2D eigenvalue weighted by Gasteiger charge is -2.54. The van der Waals surface area contributed by atoms with Gasteiger partial charge in [0.1, 0.15) is 12.7 Å². The summed E-state index contributed by atoms with van der Waals surface area (Å²) in [5.41, 5.74) is -0.347. The molecule has 0 saturated carbocycles. The first-order valence-corrected chi connectivity index (χ1v) is 9.23. The van der Waals surface area contributed by atoms with Crippen LogP contribution in [0.1, 0.15) is 53.4 Å². The number of piperidine rings is 1. The Balaban J connectivity index is 2.58. The molecule has 1 saturated heterocycles. The molecule has 0 amide bonds. The predicted molar refractivity (Wildman–Crippen MR) is 97.9 cm³/mol. The highest BCUT2D eigenvalue weighted by molar-refractivity contribution is 5.70. The maximum Gasteiger partial charge on any atom is 0.308 e. The molecule has 1 aliphatic heterocycles. The Hall–Kier alpha value is -1.18. The maximum absolute atomic E-state index is 11.9. The monoisotopic (exact) mass is 373 g/mol. The number of nitrogens with zero attached hydrogens (tertiary/aromatic N) is 1. The van der Waals surface area contributed by atoms with E-state index in [0.717, 1.165) is 12.8 Å². The summed E-state index contributed by atoms with van der Waals surface area (Å²) in [4.78, 5) is 25.9. The van der Waals surface area contributed by atoms with Crippen LogP contribution in [0.25, 0.3) is 0 Å². The van der Waals surface area contributed by atoms with Gasteiger partial charge in [0.25, 0.3) is 0 Å². The van der Waals surface area contributed by atoms with Crippen molar-refractivity contribution in [3.8, 4) is 0 Å². The molecule has 0 atom stereocenters. The molecule has 0 unspecified atom stereocenters. The third-order valence-corrected chi connectivity index (χ3v) is 4.81. The van der Waals surface area contributed by atoms with Gasteiger partial charge in [0.2, 0.25) is 0 Å². The first-order chi connectivity index (χ1) is 12.1. The summed E-state index contributed by atoms with van der Waals surface area (Å²) in [7, 11) is 3.13. The molecule has 7 heteroatoms. The van der Waals surface area contributed by atoms with Crippen LogP contribution in [-0.2, 0) is 28.5 Å². The molecular weight excluding hydrogens is 338 g/mol. The van der Waals surface area contributed by atoms with Crippen LogP contribution in [0, 0.1) is 0 Å². The van der Waals surface area contributed by atoms with Gasteiger partial charge in [-0.3, -0.25) is 14.5 Å². The van der Waals surface area contributed by atoms with E-state index in [1.54, 1.807) is 14.2 Å². The highest BCUT2D eigenvalue weighted by Gasteiger charge is 2.46. The van der Waals surface area contributed by atoms with E-state index >= 15 is 0 Å². The number of carbonyl (C=O) groups excluding carboxylic acids is 2. The summed E-state index contributed by atoms with van der Waals surface area (Å²) in [6.07, 6.45) is 1.90. The second kappa shape index (κ2) is 10.2. The van der Waals surface area contributed by atoms with Crippen LogP contribution >= 0.6 is 0 Å². The van der Waals surface area contributed by atoms with Crippen LogP contribution in [0.2, 0.25) is 0 Å². The van der Waals surface area contributed by atoms with Crippen LogP contribution in [0.4, 0.5) is 0 Å². The second-order valence-corrected chi connectivity index (χ2v) is 8.00. The van der Waals surface area contributed by atoms with Crippen molar-refractivity contribution in [1.82, 2.24) is 4.90 Å². The van der Waals surface area contributed by atoms with Gasteiger partial charge in [0.15, 0.2) is 0 Å². The average Bonchev–Trinajstić information content (AvgIpc) is 2.52. The summed E-state index contributed by atoms with van der Waals surface area (Å²) in [5.74, 6) is -0.464. The normalized spacial score (nSPS) is 19.9. The number of methoxy groups -OCH3 is 2. The highest BCUT2D eigenvalue weighted by atomic mass is 16.5. The molecule has 0 spiro atoms. The Labute approximate surface area is 157 Å². The maximum atomic E-state index is 11.9. The van der Waals surface area contributed by atoms with Crippen LogP contribution < -0.4 is 0 Å². The zero-order valence-electron chi connectivity index (χ0n) is 17.1. The SMILES string of the molecule is COCCC(=O)OCCN1C(C)(C)CC(OC(=O)CCOC)CC1(C)C. The second-order valence-electron chi connectivity index (χ2n) is 8.00. The number of hydrogen-bond donors (Lipinski definition) is 0. The smallest absolute Gasteiger partial charge is 0.308 e. The van der Waals surface area contributed by atoms with Crippen molar-refractivity contribution in [2.75, 3.05) is 40.6 Å². The Morgan fingerprint density at radius 1 is 0.885 bits per heavy atom. The summed E-state index contributed by atoms with van der Waals surface area (Å²) < 4.78 is 20.8.